The number of carbonyl (C=O) groups is 1. The Bertz CT molecular complexity index is 799. The maximum absolute atomic E-state index is 12.3. The van der Waals surface area contributed by atoms with Gasteiger partial charge in [0.25, 0.3) is 15.9 Å². The first-order valence-corrected chi connectivity index (χ1v) is 7.82. The molecule has 1 aromatic heterocycles. The molecular formula is C12H13N5O3S. The maximum atomic E-state index is 12.3. The van der Waals surface area contributed by atoms with E-state index in [1.807, 2.05) is 6.92 Å². The number of aryl methyl sites for hydroxylation is 1. The van der Waals surface area contributed by atoms with Crippen molar-refractivity contribution in [3.63, 3.8) is 0 Å². The van der Waals surface area contributed by atoms with Crippen molar-refractivity contribution < 1.29 is 13.2 Å². The predicted octanol–water partition coefficient (Wildman–Crippen LogP) is 0.147. The van der Waals surface area contributed by atoms with Crippen molar-refractivity contribution in [1.82, 2.24) is 24.8 Å². The Labute approximate surface area is 121 Å². The van der Waals surface area contributed by atoms with Gasteiger partial charge in [-0.1, -0.05) is 17.3 Å². The average Bonchev–Trinajstić information content (AvgIpc) is 2.92. The topological polar surface area (TPSA) is 97.2 Å². The second kappa shape index (κ2) is 4.93. The zero-order valence-corrected chi connectivity index (χ0v) is 12.0. The number of amides is 1. The van der Waals surface area contributed by atoms with Gasteiger partial charge in [0.05, 0.1) is 23.2 Å². The van der Waals surface area contributed by atoms with Crippen LogP contribution in [0, 0.1) is 0 Å². The minimum atomic E-state index is -3.74. The molecule has 2 heterocycles. The molecule has 0 bridgehead atoms. The Kier molecular flexibility index (Phi) is 3.22. The highest BCUT2D eigenvalue weighted by atomic mass is 32.2. The van der Waals surface area contributed by atoms with E-state index in [0.717, 1.165) is 5.01 Å². The molecule has 9 heteroatoms. The van der Waals surface area contributed by atoms with Crippen molar-refractivity contribution in [3.8, 4) is 0 Å². The summed E-state index contributed by atoms with van der Waals surface area (Å²) in [4.78, 5) is 14.6. The molecule has 8 nitrogen and oxygen atoms in total. The Balaban J connectivity index is 1.94. The molecule has 21 heavy (non-hydrogen) atoms. The van der Waals surface area contributed by atoms with Gasteiger partial charge in [0.1, 0.15) is 5.69 Å². The first-order valence-electron chi connectivity index (χ1n) is 6.33. The molecule has 110 valence electrons. The Morgan fingerprint density at radius 2 is 2.05 bits per heavy atom. The Hall–Kier alpha value is -2.26. The Morgan fingerprint density at radius 1 is 1.29 bits per heavy atom. The molecule has 0 saturated carbocycles. The van der Waals surface area contributed by atoms with E-state index < -0.39 is 15.9 Å². The zero-order chi connectivity index (χ0) is 15.0. The van der Waals surface area contributed by atoms with Crippen LogP contribution < -0.4 is 4.83 Å². The van der Waals surface area contributed by atoms with Crippen molar-refractivity contribution >= 4 is 15.9 Å². The van der Waals surface area contributed by atoms with E-state index in [9.17, 15) is 13.2 Å². The standard InChI is InChI=1S/C12H13N5O3S/c1-2-16-7-9(13-14-16)8-17-12(18)10-5-3-4-6-11(10)21(19,20)15-17/h3-7,15H,2,8H2,1H3. The van der Waals surface area contributed by atoms with Crippen LogP contribution in [0.5, 0.6) is 0 Å². The fourth-order valence-electron chi connectivity index (χ4n) is 2.09. The van der Waals surface area contributed by atoms with Gasteiger partial charge in [0.2, 0.25) is 0 Å². The summed E-state index contributed by atoms with van der Waals surface area (Å²) in [5, 5.41) is 8.79. The largest absolute Gasteiger partial charge is 0.270 e. The normalized spacial score (nSPS) is 16.8. The van der Waals surface area contributed by atoms with Crippen LogP contribution in [0.15, 0.2) is 35.4 Å². The molecule has 0 fully saturated rings. The zero-order valence-electron chi connectivity index (χ0n) is 11.2. The first kappa shape index (κ1) is 13.7. The monoisotopic (exact) mass is 307 g/mol. The summed E-state index contributed by atoms with van der Waals surface area (Å²) in [5.74, 6) is -0.411. The molecule has 0 unspecified atom stereocenters. The van der Waals surface area contributed by atoms with Crippen LogP contribution >= 0.6 is 0 Å². The van der Waals surface area contributed by atoms with Crippen LogP contribution in [-0.4, -0.2) is 34.3 Å². The van der Waals surface area contributed by atoms with Gasteiger partial charge >= 0.3 is 0 Å². The number of aromatic nitrogens is 3. The van der Waals surface area contributed by atoms with E-state index in [-0.39, 0.29) is 17.0 Å². The lowest BCUT2D eigenvalue weighted by atomic mass is 10.2. The molecule has 1 aliphatic heterocycles. The van der Waals surface area contributed by atoms with Crippen LogP contribution in [0.25, 0.3) is 0 Å². The van der Waals surface area contributed by atoms with Crippen LogP contribution in [0.2, 0.25) is 0 Å². The van der Waals surface area contributed by atoms with Gasteiger partial charge < -0.3 is 0 Å². The molecule has 1 aliphatic rings. The Morgan fingerprint density at radius 3 is 2.76 bits per heavy atom. The number of carbonyl (C=O) groups excluding carboxylic acids is 1. The number of nitrogens with one attached hydrogen (secondary N) is 1. The molecule has 0 atom stereocenters. The molecule has 2 aromatic rings. The number of hydrogen-bond acceptors (Lipinski definition) is 5. The number of hydrogen-bond donors (Lipinski definition) is 1. The summed E-state index contributed by atoms with van der Waals surface area (Å²) in [5.41, 5.74) is 0.659. The summed E-state index contributed by atoms with van der Waals surface area (Å²) >= 11 is 0. The molecule has 0 saturated heterocycles. The number of benzene rings is 1. The molecule has 0 radical (unpaired) electrons. The molecule has 3 rings (SSSR count). The number of hydrazine groups is 1. The average molecular weight is 307 g/mol. The first-order chi connectivity index (χ1) is 10.0. The summed E-state index contributed by atoms with van der Waals surface area (Å²) in [6.45, 7) is 2.57. The summed E-state index contributed by atoms with van der Waals surface area (Å²) in [6.07, 6.45) is 1.67. The van der Waals surface area contributed by atoms with Gasteiger partial charge in [0.15, 0.2) is 0 Å². The second-order valence-corrected chi connectivity index (χ2v) is 6.18. The molecular weight excluding hydrogens is 294 g/mol. The molecule has 0 spiro atoms. The van der Waals surface area contributed by atoms with E-state index in [0.29, 0.717) is 12.2 Å². The van der Waals surface area contributed by atoms with E-state index >= 15 is 0 Å². The van der Waals surface area contributed by atoms with Crippen molar-refractivity contribution in [2.75, 3.05) is 0 Å². The van der Waals surface area contributed by atoms with Gasteiger partial charge in [0, 0.05) is 6.54 Å². The predicted molar refractivity (Wildman–Crippen MR) is 72.3 cm³/mol. The lowest BCUT2D eigenvalue weighted by Gasteiger charge is -2.27. The van der Waals surface area contributed by atoms with Crippen molar-refractivity contribution in [1.29, 1.82) is 0 Å². The highest BCUT2D eigenvalue weighted by Gasteiger charge is 2.34. The highest BCUT2D eigenvalue weighted by Crippen LogP contribution is 2.22. The quantitative estimate of drug-likeness (QED) is 0.870. The summed E-state index contributed by atoms with van der Waals surface area (Å²) in [7, 11) is -3.74. The van der Waals surface area contributed by atoms with E-state index in [2.05, 4.69) is 15.1 Å². The maximum Gasteiger partial charge on any atom is 0.270 e. The van der Waals surface area contributed by atoms with E-state index in [4.69, 9.17) is 0 Å². The molecule has 1 amide bonds. The molecule has 1 N–H and O–H groups in total. The van der Waals surface area contributed by atoms with Gasteiger partial charge in [-0.05, 0) is 19.1 Å². The van der Waals surface area contributed by atoms with Crippen LogP contribution in [0.3, 0.4) is 0 Å². The van der Waals surface area contributed by atoms with Gasteiger partial charge in [-0.15, -0.1) is 9.93 Å². The highest BCUT2D eigenvalue weighted by molar-refractivity contribution is 7.89. The lowest BCUT2D eigenvalue weighted by Crippen LogP contribution is -2.49. The number of rotatable bonds is 3. The second-order valence-electron chi connectivity index (χ2n) is 4.55. The minimum Gasteiger partial charge on any atom is -0.268 e. The summed E-state index contributed by atoms with van der Waals surface area (Å²) < 4.78 is 25.9. The van der Waals surface area contributed by atoms with Gasteiger partial charge in [-0.2, -0.15) is 0 Å². The van der Waals surface area contributed by atoms with E-state index in [1.54, 1.807) is 23.0 Å². The number of sulfonamides is 1. The smallest absolute Gasteiger partial charge is 0.268 e. The number of fused-ring (bicyclic) bond motifs is 1. The molecule has 1 aromatic carbocycles. The van der Waals surface area contributed by atoms with Crippen molar-refractivity contribution in [2.45, 2.75) is 24.9 Å². The number of nitrogens with zero attached hydrogens (tertiary/aromatic N) is 4. The fourth-order valence-corrected chi connectivity index (χ4v) is 3.33. The third kappa shape index (κ3) is 2.41. The van der Waals surface area contributed by atoms with Gasteiger partial charge in [-0.3, -0.25) is 14.5 Å². The lowest BCUT2D eigenvalue weighted by molar-refractivity contribution is 0.0685. The van der Waals surface area contributed by atoms with E-state index in [1.165, 1.54) is 12.1 Å². The third-order valence-corrected chi connectivity index (χ3v) is 4.51. The fraction of sp³-hybridized carbons (Fsp3) is 0.250. The third-order valence-electron chi connectivity index (χ3n) is 3.11. The van der Waals surface area contributed by atoms with Gasteiger partial charge in [-0.25, -0.2) is 8.42 Å². The van der Waals surface area contributed by atoms with Crippen LogP contribution in [0.4, 0.5) is 0 Å². The van der Waals surface area contributed by atoms with Crippen molar-refractivity contribution in [3.05, 3.63) is 41.7 Å². The van der Waals surface area contributed by atoms with Crippen LogP contribution in [0.1, 0.15) is 23.0 Å². The SMILES string of the molecule is CCn1cc(CN2NS(=O)(=O)c3ccccc3C2=O)nn1. The van der Waals surface area contributed by atoms with Crippen molar-refractivity contribution in [2.24, 2.45) is 0 Å². The van der Waals surface area contributed by atoms with Crippen LogP contribution in [-0.2, 0) is 23.1 Å². The molecule has 0 aliphatic carbocycles. The summed E-state index contributed by atoms with van der Waals surface area (Å²) in [6, 6.07) is 6.10. The minimum absolute atomic E-state index is 0.0107.